The molecular formula is C21H25Cl2Zr. The molecule has 0 saturated carbocycles. The molecule has 24 heavy (non-hydrogen) atoms. The summed E-state index contributed by atoms with van der Waals surface area (Å²) in [5, 5.41) is 0. The molecule has 0 fully saturated rings. The first-order valence-electron chi connectivity index (χ1n) is 8.73. The van der Waals surface area contributed by atoms with E-state index in [-0.39, 0.29) is 24.8 Å². The summed E-state index contributed by atoms with van der Waals surface area (Å²) in [6.07, 6.45) is 8.82. The topological polar surface area (TPSA) is 0 Å². The SMILES string of the molecule is CCCCc1ccc2c(c1)Cc1c-2ccc(CCCC)[c]1[Zr+2].[Cl-].[Cl-]. The first-order chi connectivity index (χ1) is 10.7. The minimum atomic E-state index is 0. The van der Waals surface area contributed by atoms with E-state index in [4.69, 9.17) is 0 Å². The Labute approximate surface area is 174 Å². The van der Waals surface area contributed by atoms with E-state index in [1.807, 2.05) is 0 Å². The number of benzene rings is 2. The Morgan fingerprint density at radius 3 is 2.25 bits per heavy atom. The molecule has 0 amide bonds. The van der Waals surface area contributed by atoms with E-state index in [2.05, 4.69) is 44.2 Å². The van der Waals surface area contributed by atoms with E-state index in [9.17, 15) is 0 Å². The van der Waals surface area contributed by atoms with Crippen LogP contribution in [0.1, 0.15) is 61.8 Å². The second kappa shape index (κ2) is 10.1. The van der Waals surface area contributed by atoms with Crippen molar-refractivity contribution in [1.29, 1.82) is 0 Å². The molecule has 1 aliphatic rings. The number of halogens is 2. The van der Waals surface area contributed by atoms with Crippen LogP contribution in [0, 0.1) is 0 Å². The minimum absolute atomic E-state index is 0. The maximum atomic E-state index is 2.46. The minimum Gasteiger partial charge on any atom is -1.00 e. The second-order valence-electron chi connectivity index (χ2n) is 6.50. The molecule has 1 aliphatic carbocycles. The predicted octanol–water partition coefficient (Wildman–Crippen LogP) is -0.877. The number of fused-ring (bicyclic) bond motifs is 3. The third-order valence-corrected chi connectivity index (χ3v) is 6.38. The third kappa shape index (κ3) is 4.54. The molecule has 0 bridgehead atoms. The van der Waals surface area contributed by atoms with Crippen LogP contribution in [0.5, 0.6) is 0 Å². The summed E-state index contributed by atoms with van der Waals surface area (Å²) in [4.78, 5) is 0. The number of aryl methyl sites for hydroxylation is 2. The molecular weight excluding hydrogens is 414 g/mol. The molecule has 0 aromatic heterocycles. The van der Waals surface area contributed by atoms with E-state index >= 15 is 0 Å². The summed E-state index contributed by atoms with van der Waals surface area (Å²) in [7, 11) is 0. The molecule has 3 heteroatoms. The van der Waals surface area contributed by atoms with Gasteiger partial charge in [0.1, 0.15) is 0 Å². The van der Waals surface area contributed by atoms with Crippen LogP contribution in [0.4, 0.5) is 0 Å². The van der Waals surface area contributed by atoms with Gasteiger partial charge in [0.25, 0.3) is 0 Å². The smallest absolute Gasteiger partial charge is 1.00 e. The Balaban J connectivity index is 0.00000144. The van der Waals surface area contributed by atoms with E-state index < -0.39 is 0 Å². The van der Waals surface area contributed by atoms with Gasteiger partial charge in [0.15, 0.2) is 0 Å². The average molecular weight is 440 g/mol. The van der Waals surface area contributed by atoms with E-state index in [1.54, 1.807) is 44.7 Å². The fraction of sp³-hybridized carbons (Fsp3) is 0.429. The molecule has 2 aromatic rings. The summed E-state index contributed by atoms with van der Waals surface area (Å²) in [6, 6.07) is 11.9. The number of hydrogen-bond donors (Lipinski definition) is 0. The number of rotatable bonds is 6. The van der Waals surface area contributed by atoms with E-state index in [0.29, 0.717) is 0 Å². The molecule has 0 N–H and O–H groups in total. The van der Waals surface area contributed by atoms with Crippen molar-refractivity contribution in [1.82, 2.24) is 0 Å². The quantitative estimate of drug-likeness (QED) is 0.468. The van der Waals surface area contributed by atoms with Gasteiger partial charge in [-0.3, -0.25) is 0 Å². The molecule has 0 atom stereocenters. The van der Waals surface area contributed by atoms with Crippen LogP contribution in [0.15, 0.2) is 30.3 Å². The van der Waals surface area contributed by atoms with Crippen molar-refractivity contribution in [2.24, 2.45) is 0 Å². The summed E-state index contributed by atoms with van der Waals surface area (Å²) in [5.74, 6) is 0. The van der Waals surface area contributed by atoms with Gasteiger partial charge in [-0.15, -0.1) is 0 Å². The molecule has 0 heterocycles. The Morgan fingerprint density at radius 1 is 0.875 bits per heavy atom. The Morgan fingerprint density at radius 2 is 1.54 bits per heavy atom. The molecule has 0 nitrogen and oxygen atoms in total. The van der Waals surface area contributed by atoms with Gasteiger partial charge in [-0.05, 0) is 0 Å². The van der Waals surface area contributed by atoms with Gasteiger partial charge < -0.3 is 24.8 Å². The molecule has 0 saturated heterocycles. The van der Waals surface area contributed by atoms with Crippen LogP contribution < -0.4 is 28.1 Å². The molecule has 3 rings (SSSR count). The molecule has 0 unspecified atom stereocenters. The van der Waals surface area contributed by atoms with Crippen molar-refractivity contribution in [3.63, 3.8) is 0 Å². The van der Waals surface area contributed by atoms with Crippen molar-refractivity contribution in [2.45, 2.75) is 58.8 Å². The van der Waals surface area contributed by atoms with Crippen molar-refractivity contribution in [2.75, 3.05) is 0 Å². The molecule has 2 aromatic carbocycles. The first-order valence-corrected chi connectivity index (χ1v) is 9.96. The molecule has 0 aliphatic heterocycles. The zero-order chi connectivity index (χ0) is 15.5. The Kier molecular flexibility index (Phi) is 9.28. The Hall–Kier alpha value is -0.0969. The van der Waals surface area contributed by atoms with Gasteiger partial charge in [0.05, 0.1) is 0 Å². The number of hydrogen-bond acceptors (Lipinski definition) is 0. The largest absolute Gasteiger partial charge is 1.00 e. The molecule has 0 radical (unpaired) electrons. The zero-order valence-electron chi connectivity index (χ0n) is 14.6. The fourth-order valence-corrected chi connectivity index (χ4v) is 4.55. The van der Waals surface area contributed by atoms with Gasteiger partial charge in [0, 0.05) is 0 Å². The number of unbranched alkanes of at least 4 members (excludes halogenated alkanes) is 2. The monoisotopic (exact) mass is 437 g/mol. The van der Waals surface area contributed by atoms with Crippen LogP contribution in [-0.4, -0.2) is 0 Å². The van der Waals surface area contributed by atoms with E-state index in [1.165, 1.54) is 55.2 Å². The van der Waals surface area contributed by atoms with Gasteiger partial charge in [0.2, 0.25) is 0 Å². The second-order valence-corrected chi connectivity index (χ2v) is 7.73. The summed E-state index contributed by atoms with van der Waals surface area (Å²) >= 11 is 1.58. The maximum absolute atomic E-state index is 2.46. The van der Waals surface area contributed by atoms with Crippen LogP contribution in [0.25, 0.3) is 11.1 Å². The van der Waals surface area contributed by atoms with Crippen LogP contribution in [0.3, 0.4) is 0 Å². The average Bonchev–Trinajstić information content (AvgIpc) is 2.91. The predicted molar refractivity (Wildman–Crippen MR) is 91.5 cm³/mol. The van der Waals surface area contributed by atoms with Gasteiger partial charge in [-0.2, -0.15) is 0 Å². The molecule has 0 spiro atoms. The van der Waals surface area contributed by atoms with Crippen molar-refractivity contribution >= 4 is 3.27 Å². The van der Waals surface area contributed by atoms with Crippen LogP contribution in [0.2, 0.25) is 0 Å². The molecule has 127 valence electrons. The third-order valence-electron chi connectivity index (χ3n) is 4.84. The van der Waals surface area contributed by atoms with Crippen LogP contribution in [-0.2, 0) is 44.0 Å². The van der Waals surface area contributed by atoms with Crippen molar-refractivity contribution in [3.05, 3.63) is 52.6 Å². The van der Waals surface area contributed by atoms with Crippen LogP contribution >= 0.6 is 0 Å². The zero-order valence-corrected chi connectivity index (χ0v) is 18.6. The van der Waals surface area contributed by atoms with Crippen molar-refractivity contribution in [3.8, 4) is 11.1 Å². The van der Waals surface area contributed by atoms with Gasteiger partial charge >= 0.3 is 150 Å². The van der Waals surface area contributed by atoms with Gasteiger partial charge in [-0.1, -0.05) is 0 Å². The Bertz CT molecular complexity index is 680. The standard InChI is InChI=1S/C21H25.2ClH.Zr/c1-3-5-7-16-9-11-20-18(13-16)15-19-14-17(8-6-4-2)10-12-21(19)20;;;/h9-13H,3-8,15H2,1-2H3;2*1H;/q;;;+2/p-2. The summed E-state index contributed by atoms with van der Waals surface area (Å²) in [5.41, 5.74) is 9.28. The first kappa shape index (κ1) is 21.9. The normalized spacial score (nSPS) is 11.3. The summed E-state index contributed by atoms with van der Waals surface area (Å²) < 4.78 is 1.63. The van der Waals surface area contributed by atoms with E-state index in [0.717, 1.165) is 6.42 Å². The summed E-state index contributed by atoms with van der Waals surface area (Å²) in [6.45, 7) is 4.55. The van der Waals surface area contributed by atoms with Gasteiger partial charge in [-0.25, -0.2) is 0 Å². The fourth-order valence-electron chi connectivity index (χ4n) is 3.49. The van der Waals surface area contributed by atoms with Crippen molar-refractivity contribution < 1.29 is 49.5 Å². The maximum Gasteiger partial charge on any atom is -1.00 e.